The number of amides is 2. The van der Waals surface area contributed by atoms with E-state index in [9.17, 15) is 18.4 Å². The topological polar surface area (TPSA) is 49.9 Å². The number of carbonyl (C=O) groups is 2. The Labute approximate surface area is 156 Å². The number of rotatable bonds is 4. The van der Waals surface area contributed by atoms with E-state index < -0.39 is 11.6 Å². The molecule has 3 rings (SSSR count). The number of carbonyl (C=O) groups excluding carboxylic acids is 2. The zero-order chi connectivity index (χ0) is 19.2. The van der Waals surface area contributed by atoms with Crippen LogP contribution < -0.4 is 4.74 Å². The molecule has 0 bridgehead atoms. The summed E-state index contributed by atoms with van der Waals surface area (Å²) in [5.74, 6) is -1.07. The van der Waals surface area contributed by atoms with Crippen LogP contribution in [0.15, 0.2) is 48.5 Å². The van der Waals surface area contributed by atoms with Crippen molar-refractivity contribution >= 4 is 11.8 Å². The van der Waals surface area contributed by atoms with Gasteiger partial charge in [0.2, 0.25) is 0 Å². The van der Waals surface area contributed by atoms with Gasteiger partial charge in [0.15, 0.2) is 6.61 Å². The summed E-state index contributed by atoms with van der Waals surface area (Å²) in [6, 6.07) is 11.2. The van der Waals surface area contributed by atoms with Gasteiger partial charge in [0.1, 0.15) is 17.4 Å². The first-order valence-corrected chi connectivity index (χ1v) is 8.74. The van der Waals surface area contributed by atoms with Crippen LogP contribution in [0.3, 0.4) is 0 Å². The van der Waals surface area contributed by atoms with Crippen molar-refractivity contribution in [2.24, 2.45) is 0 Å². The van der Waals surface area contributed by atoms with Crippen molar-refractivity contribution in [2.45, 2.75) is 6.42 Å². The molecule has 0 aliphatic carbocycles. The number of nitrogens with zero attached hydrogens (tertiary/aromatic N) is 2. The summed E-state index contributed by atoms with van der Waals surface area (Å²) in [5.41, 5.74) is 0.296. The molecule has 1 heterocycles. The van der Waals surface area contributed by atoms with E-state index in [1.165, 1.54) is 36.4 Å². The molecule has 2 amide bonds. The Morgan fingerprint density at radius 3 is 2.30 bits per heavy atom. The van der Waals surface area contributed by atoms with E-state index in [0.717, 1.165) is 0 Å². The van der Waals surface area contributed by atoms with Crippen LogP contribution in [0.5, 0.6) is 5.75 Å². The lowest BCUT2D eigenvalue weighted by molar-refractivity contribution is -0.133. The van der Waals surface area contributed by atoms with E-state index in [0.29, 0.717) is 43.9 Å². The van der Waals surface area contributed by atoms with Gasteiger partial charge in [-0.15, -0.1) is 0 Å². The number of hydrogen-bond acceptors (Lipinski definition) is 3. The van der Waals surface area contributed by atoms with Gasteiger partial charge in [-0.3, -0.25) is 9.59 Å². The summed E-state index contributed by atoms with van der Waals surface area (Å²) in [6.45, 7) is 1.52. The van der Waals surface area contributed by atoms with Crippen molar-refractivity contribution in [2.75, 3.05) is 32.8 Å². The molecule has 0 N–H and O–H groups in total. The van der Waals surface area contributed by atoms with Gasteiger partial charge in [0.25, 0.3) is 11.8 Å². The Morgan fingerprint density at radius 1 is 0.889 bits per heavy atom. The average Bonchev–Trinajstić information content (AvgIpc) is 2.92. The molecule has 0 atom stereocenters. The van der Waals surface area contributed by atoms with Gasteiger partial charge in [-0.05, 0) is 36.8 Å². The van der Waals surface area contributed by atoms with Gasteiger partial charge in [-0.1, -0.05) is 12.1 Å². The maximum absolute atomic E-state index is 13.3. The molecule has 1 aliphatic heterocycles. The molecule has 0 spiro atoms. The summed E-state index contributed by atoms with van der Waals surface area (Å²) in [5, 5.41) is 0. The van der Waals surface area contributed by atoms with E-state index in [1.807, 2.05) is 0 Å². The molecule has 2 aromatic rings. The Morgan fingerprint density at radius 2 is 1.56 bits per heavy atom. The van der Waals surface area contributed by atoms with Crippen molar-refractivity contribution in [3.63, 3.8) is 0 Å². The second kappa shape index (κ2) is 8.62. The molecule has 1 aliphatic rings. The van der Waals surface area contributed by atoms with Gasteiger partial charge in [0.05, 0.1) is 0 Å². The van der Waals surface area contributed by atoms with Crippen molar-refractivity contribution < 1.29 is 23.1 Å². The zero-order valence-corrected chi connectivity index (χ0v) is 14.7. The summed E-state index contributed by atoms with van der Waals surface area (Å²) in [7, 11) is 0. The minimum Gasteiger partial charge on any atom is -0.484 e. The number of benzene rings is 2. The Bertz CT molecular complexity index is 828. The lowest BCUT2D eigenvalue weighted by atomic mass is 10.2. The maximum Gasteiger partial charge on any atom is 0.260 e. The largest absolute Gasteiger partial charge is 0.484 e. The quantitative estimate of drug-likeness (QED) is 0.827. The molecule has 1 fully saturated rings. The van der Waals surface area contributed by atoms with Crippen LogP contribution in [0, 0.1) is 11.6 Å². The van der Waals surface area contributed by atoms with E-state index in [-0.39, 0.29) is 18.4 Å². The summed E-state index contributed by atoms with van der Waals surface area (Å²) in [4.78, 5) is 28.1. The molecule has 27 heavy (non-hydrogen) atoms. The minimum absolute atomic E-state index is 0.193. The first-order chi connectivity index (χ1) is 13.0. The summed E-state index contributed by atoms with van der Waals surface area (Å²) < 4.78 is 31.8. The maximum atomic E-state index is 13.3. The molecule has 0 unspecified atom stereocenters. The van der Waals surface area contributed by atoms with E-state index in [2.05, 4.69) is 0 Å². The smallest absolute Gasteiger partial charge is 0.260 e. The Kier molecular flexibility index (Phi) is 6.01. The fraction of sp³-hybridized carbons (Fsp3) is 0.300. The van der Waals surface area contributed by atoms with E-state index in [1.54, 1.807) is 21.9 Å². The average molecular weight is 374 g/mol. The molecule has 0 aromatic heterocycles. The van der Waals surface area contributed by atoms with Crippen LogP contribution in [0.4, 0.5) is 8.78 Å². The molecule has 2 aromatic carbocycles. The molecule has 7 heteroatoms. The Hall–Kier alpha value is -2.96. The van der Waals surface area contributed by atoms with Gasteiger partial charge >= 0.3 is 0 Å². The normalized spacial score (nSPS) is 14.6. The molecule has 5 nitrogen and oxygen atoms in total. The van der Waals surface area contributed by atoms with Crippen molar-refractivity contribution in [1.29, 1.82) is 0 Å². The van der Waals surface area contributed by atoms with Crippen molar-refractivity contribution in [3.05, 3.63) is 65.7 Å². The van der Waals surface area contributed by atoms with Crippen LogP contribution in [0.2, 0.25) is 0 Å². The highest BCUT2D eigenvalue weighted by atomic mass is 19.1. The second-order valence-corrected chi connectivity index (χ2v) is 6.28. The second-order valence-electron chi connectivity index (χ2n) is 6.28. The zero-order valence-electron chi connectivity index (χ0n) is 14.7. The predicted molar refractivity (Wildman–Crippen MR) is 95.4 cm³/mol. The predicted octanol–water partition coefficient (Wildman–Crippen LogP) is 2.72. The monoisotopic (exact) mass is 374 g/mol. The third-order valence-corrected chi connectivity index (χ3v) is 4.37. The van der Waals surface area contributed by atoms with Crippen molar-refractivity contribution in [1.82, 2.24) is 9.80 Å². The fourth-order valence-electron chi connectivity index (χ4n) is 2.97. The van der Waals surface area contributed by atoms with Gasteiger partial charge in [-0.2, -0.15) is 0 Å². The third kappa shape index (κ3) is 5.03. The van der Waals surface area contributed by atoms with Crippen molar-refractivity contribution in [3.8, 4) is 5.75 Å². The molecular weight excluding hydrogens is 354 g/mol. The van der Waals surface area contributed by atoms with Gasteiger partial charge < -0.3 is 14.5 Å². The minimum atomic E-state index is -0.457. The van der Waals surface area contributed by atoms with Crippen LogP contribution in [-0.4, -0.2) is 54.4 Å². The third-order valence-electron chi connectivity index (χ3n) is 4.37. The fourth-order valence-corrected chi connectivity index (χ4v) is 2.97. The molecule has 0 radical (unpaired) electrons. The van der Waals surface area contributed by atoms with Crippen LogP contribution in [0.25, 0.3) is 0 Å². The van der Waals surface area contributed by atoms with Gasteiger partial charge in [-0.25, -0.2) is 8.78 Å². The Balaban J connectivity index is 1.54. The summed E-state index contributed by atoms with van der Waals surface area (Å²) in [6.07, 6.45) is 0.618. The lowest BCUT2D eigenvalue weighted by Crippen LogP contribution is -2.39. The number of halogens is 2. The number of ether oxygens (including phenoxy) is 1. The molecule has 0 saturated carbocycles. The highest BCUT2D eigenvalue weighted by Gasteiger charge is 2.23. The van der Waals surface area contributed by atoms with E-state index >= 15 is 0 Å². The van der Waals surface area contributed by atoms with Crippen LogP contribution in [0.1, 0.15) is 16.8 Å². The lowest BCUT2D eigenvalue weighted by Gasteiger charge is -2.22. The molecule has 1 saturated heterocycles. The highest BCUT2D eigenvalue weighted by molar-refractivity contribution is 5.94. The van der Waals surface area contributed by atoms with E-state index in [4.69, 9.17) is 4.74 Å². The standard InChI is InChI=1S/C20H20F2N2O3/c21-16-5-1-4-15(12-16)20(26)24-9-3-8-23(10-11-24)19(25)14-27-18-7-2-6-17(22)13-18/h1-2,4-7,12-13H,3,8-11,14H2. The molecule has 142 valence electrons. The first kappa shape index (κ1) is 18.8. The number of hydrogen-bond donors (Lipinski definition) is 0. The van der Waals surface area contributed by atoms with Gasteiger partial charge in [0, 0.05) is 37.8 Å². The first-order valence-electron chi connectivity index (χ1n) is 8.74. The SMILES string of the molecule is O=C(COc1cccc(F)c1)N1CCCN(C(=O)c2cccc(F)c2)CC1. The summed E-state index contributed by atoms with van der Waals surface area (Å²) >= 11 is 0. The molecular formula is C20H20F2N2O3. The highest BCUT2D eigenvalue weighted by Crippen LogP contribution is 2.13. The van der Waals surface area contributed by atoms with Crippen LogP contribution >= 0.6 is 0 Å². The van der Waals surface area contributed by atoms with Crippen LogP contribution in [-0.2, 0) is 4.79 Å².